The number of rotatable bonds is 6. The molecule has 2 aromatic heterocycles. The fraction of sp³-hybridized carbons (Fsp3) is 0.263. The van der Waals surface area contributed by atoms with Crippen molar-refractivity contribution in [2.24, 2.45) is 0 Å². The summed E-state index contributed by atoms with van der Waals surface area (Å²) < 4.78 is 45.4. The second-order valence-corrected chi connectivity index (χ2v) is 6.38. The lowest BCUT2D eigenvalue weighted by molar-refractivity contribution is -0.137. The summed E-state index contributed by atoms with van der Waals surface area (Å²) in [5.41, 5.74) is 6.28. The number of aryl methyl sites for hydroxylation is 1. The molecule has 30 heavy (non-hydrogen) atoms. The fourth-order valence-electron chi connectivity index (χ4n) is 2.84. The maximum absolute atomic E-state index is 13.0. The average molecular weight is 420 g/mol. The zero-order chi connectivity index (χ0) is 21.9. The van der Waals surface area contributed by atoms with Crippen molar-refractivity contribution in [3.63, 3.8) is 0 Å². The van der Waals surface area contributed by atoms with E-state index in [1.807, 2.05) is 0 Å². The van der Waals surface area contributed by atoms with Crippen molar-refractivity contribution >= 4 is 11.9 Å². The molecule has 8 nitrogen and oxygen atoms in total. The Hall–Kier alpha value is -3.63. The van der Waals surface area contributed by atoms with Crippen LogP contribution >= 0.6 is 0 Å². The lowest BCUT2D eigenvalue weighted by atomic mass is 10.1. The molecule has 0 atom stereocenters. The molecule has 0 bridgehead atoms. The van der Waals surface area contributed by atoms with Gasteiger partial charge in [-0.15, -0.1) is 0 Å². The molecule has 158 valence electrons. The normalized spacial score (nSPS) is 11.3. The van der Waals surface area contributed by atoms with Crippen LogP contribution in [0.25, 0.3) is 5.69 Å². The minimum Gasteiger partial charge on any atom is -0.481 e. The zero-order valence-corrected chi connectivity index (χ0v) is 16.4. The number of carbonyl (C=O) groups excluding carboxylic acids is 1. The van der Waals surface area contributed by atoms with Crippen molar-refractivity contribution in [1.82, 2.24) is 25.2 Å². The quantitative estimate of drug-likeness (QED) is 0.596. The first-order chi connectivity index (χ1) is 14.2. The minimum absolute atomic E-state index is 0.0341. The van der Waals surface area contributed by atoms with Crippen molar-refractivity contribution in [2.75, 3.05) is 12.5 Å². The third-order valence-corrected chi connectivity index (χ3v) is 4.35. The number of hydrazine groups is 1. The first-order valence-corrected chi connectivity index (χ1v) is 8.83. The summed E-state index contributed by atoms with van der Waals surface area (Å²) in [7, 11) is 1.46. The summed E-state index contributed by atoms with van der Waals surface area (Å²) in [5, 5.41) is 4.31. The van der Waals surface area contributed by atoms with E-state index in [2.05, 4.69) is 25.9 Å². The summed E-state index contributed by atoms with van der Waals surface area (Å²) in [4.78, 5) is 20.3. The van der Waals surface area contributed by atoms with Crippen molar-refractivity contribution in [2.45, 2.75) is 26.4 Å². The Morgan fingerprint density at radius 1 is 1.23 bits per heavy atom. The van der Waals surface area contributed by atoms with Crippen molar-refractivity contribution in [3.8, 4) is 11.6 Å². The van der Waals surface area contributed by atoms with Gasteiger partial charge in [-0.1, -0.05) is 6.07 Å². The van der Waals surface area contributed by atoms with Crippen LogP contribution in [0.1, 0.15) is 22.5 Å². The number of benzene rings is 1. The number of methoxy groups -OCH3 is 1. The second kappa shape index (κ2) is 8.39. The minimum atomic E-state index is -4.46. The molecule has 1 amide bonds. The number of hydrogen-bond donors (Lipinski definition) is 2. The van der Waals surface area contributed by atoms with Gasteiger partial charge < -0.3 is 4.74 Å². The average Bonchev–Trinajstić information content (AvgIpc) is 3.00. The smallest absolute Gasteiger partial charge is 0.416 e. The predicted molar refractivity (Wildman–Crippen MR) is 102 cm³/mol. The molecule has 3 aromatic rings. The lowest BCUT2D eigenvalue weighted by Crippen LogP contribution is -2.31. The number of carbonyl (C=O) groups is 1. The standard InChI is InChI=1S/C19H19F3N6O2/c1-11-15(10-16(29)25-26-18-23-8-7-17(24-18)30-3)12(2)28(27-11)14-6-4-5-13(9-14)19(20,21)22/h4-9H,10H2,1-3H3,(H,25,29)(H,23,24,26). The highest BCUT2D eigenvalue weighted by Crippen LogP contribution is 2.30. The van der Waals surface area contributed by atoms with Crippen molar-refractivity contribution in [1.29, 1.82) is 0 Å². The molecule has 0 aliphatic carbocycles. The number of aromatic nitrogens is 4. The summed E-state index contributed by atoms with van der Waals surface area (Å²) in [6.45, 7) is 3.39. The maximum Gasteiger partial charge on any atom is 0.416 e. The van der Waals surface area contributed by atoms with Crippen molar-refractivity contribution in [3.05, 3.63) is 59.0 Å². The van der Waals surface area contributed by atoms with Crippen LogP contribution in [0.2, 0.25) is 0 Å². The summed E-state index contributed by atoms with van der Waals surface area (Å²) in [5.74, 6) is 0.0859. The molecule has 1 aromatic carbocycles. The molecule has 0 saturated carbocycles. The number of nitrogens with one attached hydrogen (secondary N) is 2. The van der Waals surface area contributed by atoms with Gasteiger partial charge in [-0.05, 0) is 32.0 Å². The first kappa shape index (κ1) is 21.1. The predicted octanol–water partition coefficient (Wildman–Crippen LogP) is 2.99. The molecular formula is C19H19F3N6O2. The lowest BCUT2D eigenvalue weighted by Gasteiger charge is -2.10. The molecule has 0 unspecified atom stereocenters. The monoisotopic (exact) mass is 420 g/mol. The molecule has 0 fully saturated rings. The highest BCUT2D eigenvalue weighted by atomic mass is 19.4. The van der Waals surface area contributed by atoms with E-state index in [1.54, 1.807) is 19.9 Å². The van der Waals surface area contributed by atoms with Gasteiger partial charge in [-0.2, -0.15) is 23.3 Å². The number of halogens is 3. The topological polar surface area (TPSA) is 94.0 Å². The van der Waals surface area contributed by atoms with Gasteiger partial charge in [-0.25, -0.2) is 9.67 Å². The highest BCUT2D eigenvalue weighted by Gasteiger charge is 2.30. The molecular weight excluding hydrogens is 401 g/mol. The molecule has 11 heteroatoms. The second-order valence-electron chi connectivity index (χ2n) is 6.38. The van der Waals surface area contributed by atoms with E-state index in [4.69, 9.17) is 4.74 Å². The fourth-order valence-corrected chi connectivity index (χ4v) is 2.84. The molecule has 0 saturated heterocycles. The van der Waals surface area contributed by atoms with Crippen LogP contribution < -0.4 is 15.6 Å². The Balaban J connectivity index is 1.75. The van der Waals surface area contributed by atoms with Crippen LogP contribution in [0.5, 0.6) is 5.88 Å². The van der Waals surface area contributed by atoms with Gasteiger partial charge in [0.15, 0.2) is 0 Å². The van der Waals surface area contributed by atoms with E-state index < -0.39 is 17.6 Å². The Kier molecular flexibility index (Phi) is 5.90. The summed E-state index contributed by atoms with van der Waals surface area (Å²) in [6.07, 6.45) is -3.02. The molecule has 0 radical (unpaired) electrons. The number of ether oxygens (including phenoxy) is 1. The highest BCUT2D eigenvalue weighted by molar-refractivity contribution is 5.80. The Morgan fingerprint density at radius 3 is 2.70 bits per heavy atom. The van der Waals surface area contributed by atoms with E-state index in [9.17, 15) is 18.0 Å². The molecule has 2 N–H and O–H groups in total. The van der Waals surface area contributed by atoms with Gasteiger partial charge >= 0.3 is 6.18 Å². The van der Waals surface area contributed by atoms with Gasteiger partial charge in [-0.3, -0.25) is 15.6 Å². The van der Waals surface area contributed by atoms with Gasteiger partial charge in [0.05, 0.1) is 30.5 Å². The Bertz CT molecular complexity index is 1060. The zero-order valence-electron chi connectivity index (χ0n) is 16.4. The van der Waals surface area contributed by atoms with Gasteiger partial charge in [0.25, 0.3) is 0 Å². The summed E-state index contributed by atoms with van der Waals surface area (Å²) in [6, 6.07) is 6.42. The Morgan fingerprint density at radius 2 is 2.00 bits per heavy atom. The molecule has 3 rings (SSSR count). The van der Waals surface area contributed by atoms with Crippen LogP contribution in [0.3, 0.4) is 0 Å². The number of hydrogen-bond acceptors (Lipinski definition) is 6. The van der Waals surface area contributed by atoms with Crippen LogP contribution in [0, 0.1) is 13.8 Å². The molecule has 0 aliphatic heterocycles. The maximum atomic E-state index is 13.0. The number of nitrogens with zero attached hydrogens (tertiary/aromatic N) is 4. The largest absolute Gasteiger partial charge is 0.481 e. The van der Waals surface area contributed by atoms with Crippen LogP contribution in [0.15, 0.2) is 36.5 Å². The van der Waals surface area contributed by atoms with Gasteiger partial charge in [0.2, 0.25) is 17.7 Å². The summed E-state index contributed by atoms with van der Waals surface area (Å²) >= 11 is 0. The third kappa shape index (κ3) is 4.67. The number of alkyl halides is 3. The van der Waals surface area contributed by atoms with E-state index in [1.165, 1.54) is 30.1 Å². The van der Waals surface area contributed by atoms with Gasteiger partial charge in [0.1, 0.15) is 0 Å². The van der Waals surface area contributed by atoms with E-state index in [-0.39, 0.29) is 18.1 Å². The van der Waals surface area contributed by atoms with Crippen LogP contribution in [-0.2, 0) is 17.4 Å². The van der Waals surface area contributed by atoms with Crippen LogP contribution in [-0.4, -0.2) is 32.8 Å². The SMILES string of the molecule is COc1ccnc(NNC(=O)Cc2c(C)nn(-c3cccc(C(F)(F)F)c3)c2C)n1. The number of amides is 1. The van der Waals surface area contributed by atoms with E-state index in [0.29, 0.717) is 22.8 Å². The Labute approximate surface area is 170 Å². The molecule has 0 spiro atoms. The van der Waals surface area contributed by atoms with Crippen molar-refractivity contribution < 1.29 is 22.7 Å². The molecule has 2 heterocycles. The van der Waals surface area contributed by atoms with E-state index in [0.717, 1.165) is 12.1 Å². The van der Waals surface area contributed by atoms with Gasteiger partial charge in [0, 0.05) is 23.5 Å². The van der Waals surface area contributed by atoms with E-state index >= 15 is 0 Å². The molecule has 0 aliphatic rings. The first-order valence-electron chi connectivity index (χ1n) is 8.83. The number of anilines is 1. The third-order valence-electron chi connectivity index (χ3n) is 4.35. The van der Waals surface area contributed by atoms with Crippen LogP contribution in [0.4, 0.5) is 19.1 Å².